The van der Waals surface area contributed by atoms with E-state index in [0.29, 0.717) is 29.2 Å². The first-order valence-corrected chi connectivity index (χ1v) is 7.72. The van der Waals surface area contributed by atoms with E-state index in [1.54, 1.807) is 38.5 Å². The molecule has 2 N–H and O–H groups in total. The van der Waals surface area contributed by atoms with Crippen LogP contribution in [-0.4, -0.2) is 25.9 Å². The van der Waals surface area contributed by atoms with Gasteiger partial charge in [-0.1, -0.05) is 12.1 Å². The van der Waals surface area contributed by atoms with E-state index in [2.05, 4.69) is 11.4 Å². The van der Waals surface area contributed by atoms with Crippen LogP contribution in [0.3, 0.4) is 0 Å². The topological polar surface area (TPSA) is 74.5 Å². The van der Waals surface area contributed by atoms with Crippen molar-refractivity contribution in [3.8, 4) is 17.6 Å². The normalized spacial score (nSPS) is 13.0. The highest BCUT2D eigenvalue weighted by atomic mass is 16.5. The Bertz CT molecular complexity index is 725. The number of hydrogen-bond acceptors (Lipinski definition) is 5. The third-order valence-electron chi connectivity index (χ3n) is 3.93. The number of benzene rings is 2. The fourth-order valence-electron chi connectivity index (χ4n) is 2.49. The molecular formula is C19H22N2O3. The van der Waals surface area contributed by atoms with Crippen molar-refractivity contribution in [1.29, 1.82) is 5.26 Å². The number of nitrogens with zero attached hydrogens (tertiary/aromatic N) is 1. The lowest BCUT2D eigenvalue weighted by atomic mass is 10.0. The van der Waals surface area contributed by atoms with Crippen LogP contribution in [0.25, 0.3) is 0 Å². The number of aliphatic hydroxyl groups excluding tert-OH is 1. The van der Waals surface area contributed by atoms with Crippen molar-refractivity contribution < 1.29 is 14.6 Å². The van der Waals surface area contributed by atoms with Gasteiger partial charge in [0.15, 0.2) is 0 Å². The lowest BCUT2D eigenvalue weighted by molar-refractivity contribution is 0.166. The maximum absolute atomic E-state index is 10.5. The van der Waals surface area contributed by atoms with Crippen LogP contribution >= 0.6 is 0 Å². The third kappa shape index (κ3) is 4.25. The molecule has 2 aromatic rings. The van der Waals surface area contributed by atoms with Crippen LogP contribution in [0.4, 0.5) is 0 Å². The van der Waals surface area contributed by atoms with Gasteiger partial charge in [0.25, 0.3) is 0 Å². The highest BCUT2D eigenvalue weighted by Crippen LogP contribution is 2.29. The summed E-state index contributed by atoms with van der Waals surface area (Å²) in [4.78, 5) is 0. The molecule has 0 aromatic heterocycles. The Balaban J connectivity index is 2.07. The summed E-state index contributed by atoms with van der Waals surface area (Å²) < 4.78 is 10.5. The smallest absolute Gasteiger partial charge is 0.124 e. The summed E-state index contributed by atoms with van der Waals surface area (Å²) in [5.41, 5.74) is 2.29. The van der Waals surface area contributed by atoms with E-state index in [-0.39, 0.29) is 6.04 Å². The first-order valence-electron chi connectivity index (χ1n) is 7.72. The number of nitriles is 1. The van der Waals surface area contributed by atoms with Crippen LogP contribution in [-0.2, 0) is 0 Å². The Morgan fingerprint density at radius 2 is 1.96 bits per heavy atom. The molecule has 0 aliphatic heterocycles. The summed E-state index contributed by atoms with van der Waals surface area (Å²) in [5, 5.41) is 22.8. The highest BCUT2D eigenvalue weighted by molar-refractivity contribution is 5.42. The van der Waals surface area contributed by atoms with Crippen LogP contribution in [0, 0.1) is 11.3 Å². The summed E-state index contributed by atoms with van der Waals surface area (Å²) in [6, 6.07) is 14.9. The van der Waals surface area contributed by atoms with Gasteiger partial charge in [-0.2, -0.15) is 5.26 Å². The molecule has 5 nitrogen and oxygen atoms in total. The van der Waals surface area contributed by atoms with Crippen molar-refractivity contribution in [2.24, 2.45) is 0 Å². The van der Waals surface area contributed by atoms with Gasteiger partial charge in [0.1, 0.15) is 11.5 Å². The maximum atomic E-state index is 10.5. The Morgan fingerprint density at radius 3 is 2.62 bits per heavy atom. The van der Waals surface area contributed by atoms with E-state index in [0.717, 1.165) is 5.56 Å². The summed E-state index contributed by atoms with van der Waals surface area (Å²) in [6.45, 7) is 2.34. The fourth-order valence-corrected chi connectivity index (χ4v) is 2.49. The van der Waals surface area contributed by atoms with Gasteiger partial charge in [0.05, 0.1) is 32.0 Å². The molecule has 2 unspecified atom stereocenters. The van der Waals surface area contributed by atoms with E-state index < -0.39 is 6.10 Å². The van der Waals surface area contributed by atoms with E-state index in [9.17, 15) is 5.11 Å². The molecule has 0 heterocycles. The fraction of sp³-hybridized carbons (Fsp3) is 0.316. The van der Waals surface area contributed by atoms with Gasteiger partial charge < -0.3 is 19.9 Å². The summed E-state index contributed by atoms with van der Waals surface area (Å²) in [6.07, 6.45) is -0.739. The minimum absolute atomic E-state index is 0.00422. The third-order valence-corrected chi connectivity index (χ3v) is 3.93. The molecule has 24 heavy (non-hydrogen) atoms. The van der Waals surface area contributed by atoms with E-state index in [1.807, 2.05) is 25.1 Å². The van der Waals surface area contributed by atoms with Crippen LogP contribution in [0.2, 0.25) is 0 Å². The number of aliphatic hydroxyl groups is 1. The molecule has 0 spiro atoms. The monoisotopic (exact) mass is 326 g/mol. The Kier molecular flexibility index (Phi) is 6.19. The van der Waals surface area contributed by atoms with Gasteiger partial charge in [-0.15, -0.1) is 0 Å². The standard InChI is InChI=1S/C19H22N2O3/c1-13(15-6-4-5-14(9-15)11-20)21-12-18(22)17-10-16(23-2)7-8-19(17)24-3/h4-10,13,18,21-22H,12H2,1-3H3. The molecule has 2 atom stereocenters. The van der Waals surface area contributed by atoms with Crippen molar-refractivity contribution in [3.63, 3.8) is 0 Å². The van der Waals surface area contributed by atoms with Crippen molar-refractivity contribution in [1.82, 2.24) is 5.32 Å². The average Bonchev–Trinajstić information content (AvgIpc) is 2.65. The molecular weight excluding hydrogens is 304 g/mol. The number of ether oxygens (including phenoxy) is 2. The molecule has 0 radical (unpaired) electrons. The number of methoxy groups -OCH3 is 2. The Morgan fingerprint density at radius 1 is 1.17 bits per heavy atom. The largest absolute Gasteiger partial charge is 0.497 e. The number of hydrogen-bond donors (Lipinski definition) is 2. The minimum Gasteiger partial charge on any atom is -0.497 e. The van der Waals surface area contributed by atoms with Crippen molar-refractivity contribution >= 4 is 0 Å². The molecule has 0 aliphatic rings. The number of nitrogens with one attached hydrogen (secondary N) is 1. The predicted octanol–water partition coefficient (Wildman–Crippen LogP) is 2.96. The molecule has 0 bridgehead atoms. The van der Waals surface area contributed by atoms with Crippen LogP contribution in [0.15, 0.2) is 42.5 Å². The summed E-state index contributed by atoms with van der Waals surface area (Å²) in [5.74, 6) is 1.28. The second-order valence-corrected chi connectivity index (χ2v) is 5.49. The zero-order valence-electron chi connectivity index (χ0n) is 14.1. The van der Waals surface area contributed by atoms with Gasteiger partial charge in [-0.05, 0) is 42.8 Å². The molecule has 0 saturated heterocycles. The molecule has 2 aromatic carbocycles. The lowest BCUT2D eigenvalue weighted by Gasteiger charge is -2.20. The second-order valence-electron chi connectivity index (χ2n) is 5.49. The van der Waals surface area contributed by atoms with Crippen LogP contribution in [0.1, 0.15) is 35.8 Å². The minimum atomic E-state index is -0.739. The lowest BCUT2D eigenvalue weighted by Crippen LogP contribution is -2.25. The molecule has 0 fully saturated rings. The first-order chi connectivity index (χ1) is 11.6. The average molecular weight is 326 g/mol. The number of rotatable bonds is 7. The van der Waals surface area contributed by atoms with Crippen LogP contribution < -0.4 is 14.8 Å². The van der Waals surface area contributed by atoms with Gasteiger partial charge in [0.2, 0.25) is 0 Å². The zero-order valence-corrected chi connectivity index (χ0v) is 14.1. The van der Waals surface area contributed by atoms with Crippen molar-refractivity contribution in [2.45, 2.75) is 19.1 Å². The predicted molar refractivity (Wildman–Crippen MR) is 92.1 cm³/mol. The summed E-state index contributed by atoms with van der Waals surface area (Å²) in [7, 11) is 3.15. The van der Waals surface area contributed by atoms with E-state index in [1.165, 1.54) is 0 Å². The summed E-state index contributed by atoms with van der Waals surface area (Å²) >= 11 is 0. The van der Waals surface area contributed by atoms with Gasteiger partial charge >= 0.3 is 0 Å². The quantitative estimate of drug-likeness (QED) is 0.818. The molecule has 2 rings (SSSR count). The van der Waals surface area contributed by atoms with Gasteiger partial charge in [0, 0.05) is 18.2 Å². The molecule has 126 valence electrons. The molecule has 0 saturated carbocycles. The van der Waals surface area contributed by atoms with Crippen molar-refractivity contribution in [2.75, 3.05) is 20.8 Å². The molecule has 5 heteroatoms. The zero-order chi connectivity index (χ0) is 17.5. The van der Waals surface area contributed by atoms with E-state index in [4.69, 9.17) is 14.7 Å². The SMILES string of the molecule is COc1ccc(OC)c(C(O)CNC(C)c2cccc(C#N)c2)c1. The molecule has 0 amide bonds. The second kappa shape index (κ2) is 8.34. The van der Waals surface area contributed by atoms with Gasteiger partial charge in [-0.3, -0.25) is 0 Å². The van der Waals surface area contributed by atoms with E-state index >= 15 is 0 Å². The van der Waals surface area contributed by atoms with Gasteiger partial charge in [-0.25, -0.2) is 0 Å². The maximum Gasteiger partial charge on any atom is 0.124 e. The first kappa shape index (κ1) is 17.8. The van der Waals surface area contributed by atoms with Crippen molar-refractivity contribution in [3.05, 3.63) is 59.2 Å². The highest BCUT2D eigenvalue weighted by Gasteiger charge is 2.16. The Hall–Kier alpha value is -2.55. The Labute approximate surface area is 142 Å². The molecule has 0 aliphatic carbocycles. The van der Waals surface area contributed by atoms with Crippen LogP contribution in [0.5, 0.6) is 11.5 Å².